The summed E-state index contributed by atoms with van der Waals surface area (Å²) in [7, 11) is 1.64. The standard InChI is InChI=1S/C11H18N2O3/c1-14-5-6-15-7-8-16-9-10-3-2-4-13-11(10)12/h2-4H,5-9H2,1H3,(H2,12,13). The van der Waals surface area contributed by atoms with Gasteiger partial charge in [-0.1, -0.05) is 6.07 Å². The molecule has 0 aliphatic rings. The summed E-state index contributed by atoms with van der Waals surface area (Å²) in [6.45, 7) is 2.76. The Morgan fingerprint density at radius 2 is 1.94 bits per heavy atom. The maximum atomic E-state index is 5.66. The smallest absolute Gasteiger partial charge is 0.128 e. The van der Waals surface area contributed by atoms with Crippen molar-refractivity contribution in [3.63, 3.8) is 0 Å². The number of methoxy groups -OCH3 is 1. The molecular weight excluding hydrogens is 208 g/mol. The number of aromatic nitrogens is 1. The van der Waals surface area contributed by atoms with Crippen molar-refractivity contribution < 1.29 is 14.2 Å². The van der Waals surface area contributed by atoms with Gasteiger partial charge in [0.25, 0.3) is 0 Å². The lowest BCUT2D eigenvalue weighted by Crippen LogP contribution is -2.09. The van der Waals surface area contributed by atoms with Gasteiger partial charge >= 0.3 is 0 Å². The van der Waals surface area contributed by atoms with Crippen LogP contribution in [0.2, 0.25) is 0 Å². The van der Waals surface area contributed by atoms with Gasteiger partial charge in [-0.3, -0.25) is 0 Å². The first-order valence-corrected chi connectivity index (χ1v) is 5.18. The first kappa shape index (κ1) is 12.9. The molecule has 0 fully saturated rings. The summed E-state index contributed by atoms with van der Waals surface area (Å²) >= 11 is 0. The lowest BCUT2D eigenvalue weighted by atomic mass is 10.3. The number of hydrogen-bond donors (Lipinski definition) is 1. The monoisotopic (exact) mass is 226 g/mol. The van der Waals surface area contributed by atoms with Crippen LogP contribution in [0.25, 0.3) is 0 Å². The van der Waals surface area contributed by atoms with Crippen LogP contribution in [0, 0.1) is 0 Å². The highest BCUT2D eigenvalue weighted by Crippen LogP contribution is 2.07. The van der Waals surface area contributed by atoms with Crippen LogP contribution in [0.3, 0.4) is 0 Å². The molecule has 0 amide bonds. The van der Waals surface area contributed by atoms with E-state index in [0.717, 1.165) is 5.56 Å². The second-order valence-corrected chi connectivity index (χ2v) is 3.21. The Labute approximate surface area is 95.5 Å². The molecule has 0 aliphatic carbocycles. The average Bonchev–Trinajstić information content (AvgIpc) is 2.30. The Bertz CT molecular complexity index is 294. The molecule has 0 atom stereocenters. The van der Waals surface area contributed by atoms with E-state index < -0.39 is 0 Å². The first-order valence-electron chi connectivity index (χ1n) is 5.18. The van der Waals surface area contributed by atoms with Crippen molar-refractivity contribution in [3.05, 3.63) is 23.9 Å². The number of nitrogen functional groups attached to an aromatic ring is 1. The molecular formula is C11H18N2O3. The Morgan fingerprint density at radius 3 is 2.69 bits per heavy atom. The molecule has 16 heavy (non-hydrogen) atoms. The summed E-state index contributed by atoms with van der Waals surface area (Å²) < 4.78 is 15.5. The minimum atomic E-state index is 0.466. The highest BCUT2D eigenvalue weighted by atomic mass is 16.5. The highest BCUT2D eigenvalue weighted by molar-refractivity contribution is 5.37. The van der Waals surface area contributed by atoms with Crippen molar-refractivity contribution in [2.75, 3.05) is 39.3 Å². The fourth-order valence-corrected chi connectivity index (χ4v) is 1.12. The lowest BCUT2D eigenvalue weighted by Gasteiger charge is -2.06. The molecule has 5 nitrogen and oxygen atoms in total. The number of hydrogen-bond acceptors (Lipinski definition) is 5. The van der Waals surface area contributed by atoms with Crippen LogP contribution in [0.5, 0.6) is 0 Å². The maximum Gasteiger partial charge on any atom is 0.128 e. The van der Waals surface area contributed by atoms with Gasteiger partial charge in [0.2, 0.25) is 0 Å². The normalized spacial score (nSPS) is 10.6. The molecule has 0 aromatic carbocycles. The van der Waals surface area contributed by atoms with E-state index in [0.29, 0.717) is 38.9 Å². The van der Waals surface area contributed by atoms with Gasteiger partial charge < -0.3 is 19.9 Å². The third kappa shape index (κ3) is 5.06. The van der Waals surface area contributed by atoms with Gasteiger partial charge in [0.05, 0.1) is 33.0 Å². The number of rotatable bonds is 8. The van der Waals surface area contributed by atoms with Gasteiger partial charge in [0.1, 0.15) is 5.82 Å². The van der Waals surface area contributed by atoms with Crippen LogP contribution < -0.4 is 5.73 Å². The maximum absolute atomic E-state index is 5.66. The molecule has 0 saturated carbocycles. The van der Waals surface area contributed by atoms with Crippen LogP contribution >= 0.6 is 0 Å². The molecule has 0 bridgehead atoms. The van der Waals surface area contributed by atoms with Gasteiger partial charge in [-0.2, -0.15) is 0 Å². The Hall–Kier alpha value is -1.17. The SMILES string of the molecule is COCCOCCOCc1cccnc1N. The molecule has 2 N–H and O–H groups in total. The molecule has 0 saturated heterocycles. The second kappa shape index (κ2) is 8.04. The van der Waals surface area contributed by atoms with Crippen molar-refractivity contribution in [1.29, 1.82) is 0 Å². The molecule has 1 rings (SSSR count). The van der Waals surface area contributed by atoms with Gasteiger partial charge in [-0.25, -0.2) is 4.98 Å². The largest absolute Gasteiger partial charge is 0.383 e. The van der Waals surface area contributed by atoms with Gasteiger partial charge in [-0.15, -0.1) is 0 Å². The van der Waals surface area contributed by atoms with E-state index in [-0.39, 0.29) is 0 Å². The summed E-state index contributed by atoms with van der Waals surface area (Å²) in [6.07, 6.45) is 1.66. The summed E-state index contributed by atoms with van der Waals surface area (Å²) in [5, 5.41) is 0. The molecule has 1 aromatic rings. The number of anilines is 1. The van der Waals surface area contributed by atoms with Crippen LogP contribution in [0.15, 0.2) is 18.3 Å². The fourth-order valence-electron chi connectivity index (χ4n) is 1.12. The molecule has 0 aliphatic heterocycles. The second-order valence-electron chi connectivity index (χ2n) is 3.21. The Morgan fingerprint density at radius 1 is 1.19 bits per heavy atom. The minimum absolute atomic E-state index is 0.466. The molecule has 5 heteroatoms. The highest BCUT2D eigenvalue weighted by Gasteiger charge is 1.98. The van der Waals surface area contributed by atoms with E-state index in [1.807, 2.05) is 12.1 Å². The zero-order valence-electron chi connectivity index (χ0n) is 9.52. The van der Waals surface area contributed by atoms with Gasteiger partial charge in [0, 0.05) is 18.9 Å². The van der Waals surface area contributed by atoms with E-state index in [1.54, 1.807) is 13.3 Å². The molecule has 1 aromatic heterocycles. The summed E-state index contributed by atoms with van der Waals surface area (Å²) in [6, 6.07) is 3.73. The Balaban J connectivity index is 2.05. The Kier molecular flexibility index (Phi) is 6.48. The third-order valence-electron chi connectivity index (χ3n) is 1.99. The summed E-state index contributed by atoms with van der Waals surface area (Å²) in [4.78, 5) is 3.97. The van der Waals surface area contributed by atoms with Crippen molar-refractivity contribution in [2.45, 2.75) is 6.61 Å². The first-order chi connectivity index (χ1) is 7.84. The van der Waals surface area contributed by atoms with Crippen molar-refractivity contribution in [1.82, 2.24) is 4.98 Å². The van der Waals surface area contributed by atoms with E-state index in [9.17, 15) is 0 Å². The van der Waals surface area contributed by atoms with Crippen LogP contribution in [-0.4, -0.2) is 38.5 Å². The van der Waals surface area contributed by atoms with Crippen LogP contribution in [-0.2, 0) is 20.8 Å². The molecule has 0 unspecified atom stereocenters. The van der Waals surface area contributed by atoms with Crippen LogP contribution in [0.4, 0.5) is 5.82 Å². The van der Waals surface area contributed by atoms with E-state index in [2.05, 4.69) is 4.98 Å². The van der Waals surface area contributed by atoms with E-state index in [4.69, 9.17) is 19.9 Å². The van der Waals surface area contributed by atoms with Gasteiger partial charge in [-0.05, 0) is 6.07 Å². The van der Waals surface area contributed by atoms with Gasteiger partial charge in [0.15, 0.2) is 0 Å². The summed E-state index contributed by atoms with van der Waals surface area (Å²) in [5.41, 5.74) is 6.56. The topological polar surface area (TPSA) is 66.6 Å². The van der Waals surface area contributed by atoms with E-state index in [1.165, 1.54) is 0 Å². The van der Waals surface area contributed by atoms with Crippen molar-refractivity contribution in [3.8, 4) is 0 Å². The number of ether oxygens (including phenoxy) is 3. The number of nitrogens with two attached hydrogens (primary N) is 1. The predicted molar refractivity (Wildman–Crippen MR) is 61.0 cm³/mol. The lowest BCUT2D eigenvalue weighted by molar-refractivity contribution is 0.0200. The summed E-state index contributed by atoms with van der Waals surface area (Å²) in [5.74, 6) is 0.516. The molecule has 90 valence electrons. The number of nitrogens with zero attached hydrogens (tertiary/aromatic N) is 1. The fraction of sp³-hybridized carbons (Fsp3) is 0.545. The molecule has 0 spiro atoms. The zero-order chi connectivity index (χ0) is 11.6. The van der Waals surface area contributed by atoms with E-state index >= 15 is 0 Å². The number of pyridine rings is 1. The predicted octanol–water partition coefficient (Wildman–Crippen LogP) is 0.843. The van der Waals surface area contributed by atoms with Crippen LogP contribution in [0.1, 0.15) is 5.56 Å². The van der Waals surface area contributed by atoms with Crippen molar-refractivity contribution in [2.24, 2.45) is 0 Å². The van der Waals surface area contributed by atoms with Crippen molar-refractivity contribution >= 4 is 5.82 Å². The molecule has 1 heterocycles. The quantitative estimate of drug-likeness (QED) is 0.665. The minimum Gasteiger partial charge on any atom is -0.383 e. The zero-order valence-corrected chi connectivity index (χ0v) is 9.52. The third-order valence-corrected chi connectivity index (χ3v) is 1.99. The average molecular weight is 226 g/mol. The molecule has 0 radical (unpaired) electrons.